The highest BCUT2D eigenvalue weighted by molar-refractivity contribution is 5.88. The van der Waals surface area contributed by atoms with E-state index in [9.17, 15) is 9.59 Å². The van der Waals surface area contributed by atoms with E-state index in [0.29, 0.717) is 18.7 Å². The van der Waals surface area contributed by atoms with Gasteiger partial charge in [0.05, 0.1) is 18.1 Å². The lowest BCUT2D eigenvalue weighted by Gasteiger charge is -2.40. The van der Waals surface area contributed by atoms with E-state index in [1.807, 2.05) is 18.2 Å². The second-order valence-electron chi connectivity index (χ2n) is 7.13. The van der Waals surface area contributed by atoms with Gasteiger partial charge >= 0.3 is 5.97 Å². The maximum atomic E-state index is 12.8. The molecule has 2 aromatic carbocycles. The van der Waals surface area contributed by atoms with Gasteiger partial charge in [-0.3, -0.25) is 4.79 Å². The first-order valence-electron chi connectivity index (χ1n) is 9.26. The third-order valence-corrected chi connectivity index (χ3v) is 5.39. The smallest absolute Gasteiger partial charge is 0.335 e. The fraction of sp³-hybridized carbons (Fsp3) is 0.364. The number of hydrogen-bond donors (Lipinski definition) is 2. The molecule has 0 radical (unpaired) electrons. The van der Waals surface area contributed by atoms with E-state index in [1.54, 1.807) is 12.1 Å². The number of rotatable bonds is 8. The van der Waals surface area contributed by atoms with Crippen LogP contribution in [0.25, 0.3) is 0 Å². The number of ether oxygens (including phenoxy) is 1. The van der Waals surface area contributed by atoms with E-state index >= 15 is 0 Å². The Hall–Kier alpha value is -2.82. The van der Waals surface area contributed by atoms with Crippen LogP contribution in [0.1, 0.15) is 40.7 Å². The zero-order valence-corrected chi connectivity index (χ0v) is 15.5. The number of carbonyl (C=O) groups is 2. The summed E-state index contributed by atoms with van der Waals surface area (Å²) in [5.41, 5.74) is 1.97. The molecule has 0 aliphatic heterocycles. The minimum atomic E-state index is -0.985. The van der Waals surface area contributed by atoms with Gasteiger partial charge in [-0.2, -0.15) is 0 Å². The SMILES string of the molecule is COc1cc(C(=O)O)ccc1CCNC(=O)C1(Cc2ccccc2)CCC1. The van der Waals surface area contributed by atoms with Gasteiger partial charge in [-0.25, -0.2) is 4.79 Å². The summed E-state index contributed by atoms with van der Waals surface area (Å²) in [5.74, 6) is -0.341. The lowest BCUT2D eigenvalue weighted by Crippen LogP contribution is -2.47. The molecule has 0 unspecified atom stereocenters. The Balaban J connectivity index is 1.59. The summed E-state index contributed by atoms with van der Waals surface area (Å²) in [5, 5.41) is 12.1. The molecule has 5 nitrogen and oxygen atoms in total. The molecule has 1 amide bonds. The van der Waals surface area contributed by atoms with Crippen molar-refractivity contribution in [2.45, 2.75) is 32.1 Å². The minimum Gasteiger partial charge on any atom is -0.496 e. The van der Waals surface area contributed by atoms with Crippen LogP contribution in [0.2, 0.25) is 0 Å². The third kappa shape index (κ3) is 4.30. The third-order valence-electron chi connectivity index (χ3n) is 5.39. The van der Waals surface area contributed by atoms with Crippen LogP contribution in [0.4, 0.5) is 0 Å². The number of hydrogen-bond acceptors (Lipinski definition) is 3. The average molecular weight is 367 g/mol. The first-order valence-corrected chi connectivity index (χ1v) is 9.26. The van der Waals surface area contributed by atoms with Gasteiger partial charge in [-0.05, 0) is 48.9 Å². The molecule has 0 saturated heterocycles. The van der Waals surface area contributed by atoms with Gasteiger partial charge in [-0.1, -0.05) is 42.8 Å². The monoisotopic (exact) mass is 367 g/mol. The van der Waals surface area contributed by atoms with Crippen LogP contribution in [0.3, 0.4) is 0 Å². The standard InChI is InChI=1S/C22H25NO4/c1-27-19-14-18(20(24)25)9-8-17(19)10-13-23-21(26)22(11-5-12-22)15-16-6-3-2-4-7-16/h2-4,6-9,14H,5,10-13,15H2,1H3,(H,23,26)(H,24,25). The molecule has 0 spiro atoms. The van der Waals surface area contributed by atoms with Crippen LogP contribution >= 0.6 is 0 Å². The largest absolute Gasteiger partial charge is 0.496 e. The summed E-state index contributed by atoms with van der Waals surface area (Å²) in [7, 11) is 1.52. The lowest BCUT2D eigenvalue weighted by atomic mass is 9.64. The van der Waals surface area contributed by atoms with E-state index < -0.39 is 5.97 Å². The molecule has 1 aliphatic rings. The van der Waals surface area contributed by atoms with Crippen molar-refractivity contribution in [3.63, 3.8) is 0 Å². The fourth-order valence-electron chi connectivity index (χ4n) is 3.66. The molecular formula is C22H25NO4. The summed E-state index contributed by atoms with van der Waals surface area (Å²) in [4.78, 5) is 23.9. The molecule has 2 N–H and O–H groups in total. The first kappa shape index (κ1) is 19.0. The lowest BCUT2D eigenvalue weighted by molar-refractivity contribution is -0.135. The zero-order chi connectivity index (χ0) is 19.3. The van der Waals surface area contributed by atoms with E-state index in [4.69, 9.17) is 9.84 Å². The predicted molar refractivity (Wildman–Crippen MR) is 103 cm³/mol. The van der Waals surface area contributed by atoms with Crippen LogP contribution in [-0.4, -0.2) is 30.6 Å². The van der Waals surface area contributed by atoms with E-state index in [-0.39, 0.29) is 16.9 Å². The van der Waals surface area contributed by atoms with Gasteiger partial charge in [0, 0.05) is 6.54 Å². The van der Waals surface area contributed by atoms with Crippen molar-refractivity contribution in [3.8, 4) is 5.75 Å². The van der Waals surface area contributed by atoms with Crippen molar-refractivity contribution in [1.82, 2.24) is 5.32 Å². The van der Waals surface area contributed by atoms with Crippen LogP contribution in [0.5, 0.6) is 5.75 Å². The zero-order valence-electron chi connectivity index (χ0n) is 15.5. The molecule has 0 bridgehead atoms. The second kappa shape index (κ2) is 8.25. The molecule has 27 heavy (non-hydrogen) atoms. The molecule has 1 aliphatic carbocycles. The number of benzene rings is 2. The summed E-state index contributed by atoms with van der Waals surface area (Å²) >= 11 is 0. The van der Waals surface area contributed by atoms with Crippen molar-refractivity contribution in [3.05, 3.63) is 65.2 Å². The predicted octanol–water partition coefficient (Wildman–Crippen LogP) is 3.47. The van der Waals surface area contributed by atoms with E-state index in [0.717, 1.165) is 31.2 Å². The molecule has 1 saturated carbocycles. The highest BCUT2D eigenvalue weighted by Gasteiger charge is 2.43. The Morgan fingerprint density at radius 3 is 2.48 bits per heavy atom. The van der Waals surface area contributed by atoms with E-state index in [1.165, 1.54) is 18.7 Å². The number of nitrogens with one attached hydrogen (secondary N) is 1. The normalized spacial score (nSPS) is 14.9. The van der Waals surface area contributed by atoms with Crippen LogP contribution in [0.15, 0.2) is 48.5 Å². The Morgan fingerprint density at radius 1 is 1.15 bits per heavy atom. The fourth-order valence-corrected chi connectivity index (χ4v) is 3.66. The Bertz CT molecular complexity index is 812. The topological polar surface area (TPSA) is 75.6 Å². The second-order valence-corrected chi connectivity index (χ2v) is 7.13. The average Bonchev–Trinajstić information content (AvgIpc) is 2.65. The first-order chi connectivity index (χ1) is 13.0. The maximum Gasteiger partial charge on any atom is 0.335 e. The maximum absolute atomic E-state index is 12.8. The number of carbonyl (C=O) groups excluding carboxylic acids is 1. The molecular weight excluding hydrogens is 342 g/mol. The molecule has 2 aromatic rings. The number of carboxylic acids is 1. The number of methoxy groups -OCH3 is 1. The van der Waals surface area contributed by atoms with Gasteiger partial charge in [0.15, 0.2) is 0 Å². The highest BCUT2D eigenvalue weighted by atomic mass is 16.5. The summed E-state index contributed by atoms with van der Waals surface area (Å²) in [6, 6.07) is 15.0. The van der Waals surface area contributed by atoms with Crippen molar-refractivity contribution in [2.75, 3.05) is 13.7 Å². The Morgan fingerprint density at radius 2 is 1.89 bits per heavy atom. The van der Waals surface area contributed by atoms with Crippen molar-refractivity contribution < 1.29 is 19.4 Å². The number of amides is 1. The molecule has 0 atom stereocenters. The Kier molecular flexibility index (Phi) is 5.79. The molecule has 0 heterocycles. The number of carboxylic acid groups (broad SMARTS) is 1. The van der Waals surface area contributed by atoms with Gasteiger partial charge in [0.25, 0.3) is 0 Å². The molecule has 142 valence electrons. The summed E-state index contributed by atoms with van der Waals surface area (Å²) < 4.78 is 5.30. The summed E-state index contributed by atoms with van der Waals surface area (Å²) in [6.07, 6.45) is 4.30. The van der Waals surface area contributed by atoms with Crippen molar-refractivity contribution in [2.24, 2.45) is 5.41 Å². The quantitative estimate of drug-likeness (QED) is 0.749. The summed E-state index contributed by atoms with van der Waals surface area (Å²) in [6.45, 7) is 0.498. The van der Waals surface area contributed by atoms with E-state index in [2.05, 4.69) is 17.4 Å². The van der Waals surface area contributed by atoms with Gasteiger partial charge in [0.2, 0.25) is 5.91 Å². The minimum absolute atomic E-state index is 0.110. The highest BCUT2D eigenvalue weighted by Crippen LogP contribution is 2.44. The van der Waals surface area contributed by atoms with Crippen molar-refractivity contribution in [1.29, 1.82) is 0 Å². The number of aromatic carboxylic acids is 1. The molecule has 5 heteroatoms. The molecule has 0 aromatic heterocycles. The van der Waals surface area contributed by atoms with Crippen molar-refractivity contribution >= 4 is 11.9 Å². The molecule has 1 fully saturated rings. The van der Waals surface area contributed by atoms with Gasteiger partial charge in [0.1, 0.15) is 5.75 Å². The van der Waals surface area contributed by atoms with Gasteiger partial charge in [-0.15, -0.1) is 0 Å². The molecule has 3 rings (SSSR count). The van der Waals surface area contributed by atoms with Crippen LogP contribution in [-0.2, 0) is 17.6 Å². The Labute approximate surface area is 159 Å². The van der Waals surface area contributed by atoms with Crippen LogP contribution < -0.4 is 10.1 Å². The van der Waals surface area contributed by atoms with Crippen LogP contribution in [0, 0.1) is 5.41 Å². The van der Waals surface area contributed by atoms with Gasteiger partial charge < -0.3 is 15.2 Å².